The third-order valence-corrected chi connectivity index (χ3v) is 5.17. The molecular weight excluding hydrogens is 380 g/mol. The van der Waals surface area contributed by atoms with Gasteiger partial charge in [0.2, 0.25) is 5.88 Å². The Bertz CT molecular complexity index is 1180. The van der Waals surface area contributed by atoms with Crippen LogP contribution in [0.5, 0.6) is 5.88 Å². The Kier molecular flexibility index (Phi) is 7.05. The van der Waals surface area contributed by atoms with Gasteiger partial charge in [-0.2, -0.15) is 0 Å². The summed E-state index contributed by atoms with van der Waals surface area (Å²) < 4.78 is 5.48. The van der Waals surface area contributed by atoms with E-state index in [1.807, 2.05) is 44.3 Å². The van der Waals surface area contributed by atoms with Crippen LogP contribution in [-0.4, -0.2) is 17.1 Å². The van der Waals surface area contributed by atoms with E-state index < -0.39 is 0 Å². The molecule has 2 heterocycles. The van der Waals surface area contributed by atoms with Crippen LogP contribution < -0.4 is 4.74 Å². The zero-order valence-corrected chi connectivity index (χ0v) is 18.8. The topological polar surface area (TPSA) is 35.0 Å². The second kappa shape index (κ2) is 9.91. The Balaban J connectivity index is 2.01. The number of aryl methyl sites for hydroxylation is 1. The number of hydrogen-bond donors (Lipinski definition) is 0. The zero-order valence-electron chi connectivity index (χ0n) is 18.8. The molecule has 0 spiro atoms. The quantitative estimate of drug-likeness (QED) is 0.336. The summed E-state index contributed by atoms with van der Waals surface area (Å²) in [5, 5.41) is 0. The number of methoxy groups -OCH3 is 1. The van der Waals surface area contributed by atoms with Crippen molar-refractivity contribution >= 4 is 11.1 Å². The van der Waals surface area contributed by atoms with Gasteiger partial charge in [0, 0.05) is 17.5 Å². The third kappa shape index (κ3) is 5.29. The molecule has 0 saturated heterocycles. The van der Waals surface area contributed by atoms with Crippen molar-refractivity contribution in [1.82, 2.24) is 9.97 Å². The third-order valence-electron chi connectivity index (χ3n) is 5.17. The molecular formula is C28H28N2O. The molecule has 156 valence electrons. The van der Waals surface area contributed by atoms with Gasteiger partial charge in [-0.25, -0.2) is 4.98 Å². The second-order valence-corrected chi connectivity index (χ2v) is 7.81. The number of allylic oxidation sites excluding steroid dienone is 4. The van der Waals surface area contributed by atoms with E-state index in [2.05, 4.69) is 60.1 Å². The highest BCUT2D eigenvalue weighted by atomic mass is 16.5. The minimum absolute atomic E-state index is 0.484. The lowest BCUT2D eigenvalue weighted by Crippen LogP contribution is -1.96. The summed E-state index contributed by atoms with van der Waals surface area (Å²) in [5.41, 5.74) is 8.15. The van der Waals surface area contributed by atoms with Gasteiger partial charge in [0.15, 0.2) is 0 Å². The Labute approximate surface area is 185 Å². The number of rotatable bonds is 6. The van der Waals surface area contributed by atoms with Gasteiger partial charge in [0.05, 0.1) is 12.8 Å². The first-order valence-electron chi connectivity index (χ1n) is 10.4. The van der Waals surface area contributed by atoms with Crippen LogP contribution in [0.3, 0.4) is 0 Å². The fourth-order valence-corrected chi connectivity index (χ4v) is 3.41. The summed E-state index contributed by atoms with van der Waals surface area (Å²) in [6.45, 7) is 8.38. The number of nitrogens with zero attached hydrogens (tertiary/aromatic N) is 2. The van der Waals surface area contributed by atoms with Crippen molar-refractivity contribution in [2.75, 3.05) is 7.11 Å². The van der Waals surface area contributed by atoms with Crippen LogP contribution >= 0.6 is 0 Å². The van der Waals surface area contributed by atoms with E-state index in [0.717, 1.165) is 33.7 Å². The first-order valence-corrected chi connectivity index (χ1v) is 10.4. The van der Waals surface area contributed by atoms with E-state index in [1.165, 1.54) is 11.1 Å². The van der Waals surface area contributed by atoms with Crippen molar-refractivity contribution in [3.8, 4) is 29.4 Å². The SMILES string of the molecule is C#C/C=C(\C=C(/C)c1cc(-c2cccc(C(C)C)c2)ccn1)c1ccc(C)nc1OC. The number of benzene rings is 1. The normalized spacial score (nSPS) is 12.0. The van der Waals surface area contributed by atoms with Crippen molar-refractivity contribution < 1.29 is 4.74 Å². The molecule has 3 nitrogen and oxygen atoms in total. The predicted molar refractivity (Wildman–Crippen MR) is 130 cm³/mol. The molecule has 0 N–H and O–H groups in total. The van der Waals surface area contributed by atoms with E-state index in [9.17, 15) is 0 Å². The van der Waals surface area contributed by atoms with E-state index in [4.69, 9.17) is 11.2 Å². The standard InChI is InChI=1S/C28H28N2O/c1-7-9-25(26-13-12-21(5)30-28(26)31-6)16-20(4)27-18-24(14-15-29-27)23-11-8-10-22(17-23)19(2)3/h1,8-19H,2-6H3/b20-16+,25-9+. The highest BCUT2D eigenvalue weighted by Gasteiger charge is 2.11. The molecule has 0 atom stereocenters. The Morgan fingerprint density at radius 3 is 2.58 bits per heavy atom. The molecule has 3 heteroatoms. The molecule has 0 aliphatic carbocycles. The average Bonchev–Trinajstić information content (AvgIpc) is 2.78. The Hall–Kier alpha value is -3.64. The minimum atomic E-state index is 0.484. The maximum absolute atomic E-state index is 5.61. The molecule has 31 heavy (non-hydrogen) atoms. The van der Waals surface area contributed by atoms with Gasteiger partial charge < -0.3 is 4.74 Å². The summed E-state index contributed by atoms with van der Waals surface area (Å²) in [5.74, 6) is 3.67. The van der Waals surface area contributed by atoms with Gasteiger partial charge in [0.1, 0.15) is 0 Å². The zero-order chi connectivity index (χ0) is 22.4. The number of pyridine rings is 2. The second-order valence-electron chi connectivity index (χ2n) is 7.81. The van der Waals surface area contributed by atoms with Crippen molar-refractivity contribution in [2.45, 2.75) is 33.6 Å². The van der Waals surface area contributed by atoms with Crippen LogP contribution in [0.15, 0.2) is 66.9 Å². The van der Waals surface area contributed by atoms with Crippen molar-refractivity contribution in [1.29, 1.82) is 0 Å². The predicted octanol–water partition coefficient (Wildman–Crippen LogP) is 6.70. The highest BCUT2D eigenvalue weighted by Crippen LogP contribution is 2.30. The van der Waals surface area contributed by atoms with E-state index >= 15 is 0 Å². The molecule has 3 aromatic rings. The molecule has 0 bridgehead atoms. The van der Waals surface area contributed by atoms with E-state index in [1.54, 1.807) is 13.2 Å². The molecule has 0 saturated carbocycles. The maximum atomic E-state index is 5.61. The van der Waals surface area contributed by atoms with E-state index in [0.29, 0.717) is 11.8 Å². The van der Waals surface area contributed by atoms with Crippen molar-refractivity contribution in [3.63, 3.8) is 0 Å². The fraction of sp³-hybridized carbons (Fsp3) is 0.214. The summed E-state index contributed by atoms with van der Waals surface area (Å²) in [4.78, 5) is 9.07. The lowest BCUT2D eigenvalue weighted by molar-refractivity contribution is 0.395. The van der Waals surface area contributed by atoms with Crippen molar-refractivity contribution in [2.24, 2.45) is 0 Å². The Morgan fingerprint density at radius 2 is 1.87 bits per heavy atom. The van der Waals surface area contributed by atoms with Gasteiger partial charge in [-0.3, -0.25) is 4.98 Å². The number of hydrogen-bond acceptors (Lipinski definition) is 3. The summed E-state index contributed by atoms with van der Waals surface area (Å²) in [6.07, 6.45) is 11.2. The lowest BCUT2D eigenvalue weighted by atomic mass is 9.96. The molecule has 3 rings (SSSR count). The first kappa shape index (κ1) is 22.1. The molecule has 0 amide bonds. The highest BCUT2D eigenvalue weighted by molar-refractivity contribution is 5.86. The summed E-state index contributed by atoms with van der Waals surface area (Å²) in [7, 11) is 1.62. The van der Waals surface area contributed by atoms with Crippen LogP contribution in [0.1, 0.15) is 49.2 Å². The van der Waals surface area contributed by atoms with Crippen LogP contribution in [0, 0.1) is 19.3 Å². The van der Waals surface area contributed by atoms with Gasteiger partial charge >= 0.3 is 0 Å². The van der Waals surface area contributed by atoms with Gasteiger partial charge in [-0.05, 0) is 84.0 Å². The molecule has 0 fully saturated rings. The molecule has 1 aromatic carbocycles. The minimum Gasteiger partial charge on any atom is -0.481 e. The number of terminal acetylenes is 1. The molecule has 0 unspecified atom stereocenters. The van der Waals surface area contributed by atoms with E-state index in [-0.39, 0.29) is 0 Å². The average molecular weight is 409 g/mol. The van der Waals surface area contributed by atoms with Crippen molar-refractivity contribution in [3.05, 3.63) is 89.4 Å². The van der Waals surface area contributed by atoms with Gasteiger partial charge in [-0.15, -0.1) is 6.42 Å². The fourth-order valence-electron chi connectivity index (χ4n) is 3.41. The van der Waals surface area contributed by atoms with Gasteiger partial charge in [0.25, 0.3) is 0 Å². The van der Waals surface area contributed by atoms with Crippen LogP contribution in [0.2, 0.25) is 0 Å². The van der Waals surface area contributed by atoms with Crippen LogP contribution in [-0.2, 0) is 0 Å². The largest absolute Gasteiger partial charge is 0.481 e. The summed E-state index contributed by atoms with van der Waals surface area (Å²) >= 11 is 0. The maximum Gasteiger partial charge on any atom is 0.221 e. The van der Waals surface area contributed by atoms with Crippen LogP contribution in [0.25, 0.3) is 22.3 Å². The number of aromatic nitrogens is 2. The molecule has 0 aliphatic rings. The number of ether oxygens (including phenoxy) is 1. The molecule has 2 aromatic heterocycles. The lowest BCUT2D eigenvalue weighted by Gasteiger charge is -2.11. The monoisotopic (exact) mass is 408 g/mol. The molecule has 0 aliphatic heterocycles. The Morgan fingerprint density at radius 1 is 1.10 bits per heavy atom. The van der Waals surface area contributed by atoms with Gasteiger partial charge in [-0.1, -0.05) is 44.0 Å². The van der Waals surface area contributed by atoms with Crippen LogP contribution in [0.4, 0.5) is 0 Å². The smallest absolute Gasteiger partial charge is 0.221 e. The first-order chi connectivity index (χ1) is 14.9. The summed E-state index contributed by atoms with van der Waals surface area (Å²) in [6, 6.07) is 16.7. The molecule has 0 radical (unpaired) electrons.